The predicted molar refractivity (Wildman–Crippen MR) is 74.6 cm³/mol. The standard InChI is InChI=1S/C15H31N/c1-3-5-7-9-11-13-15(16)14-12-10-8-6-4-2/h3,15H,1,4-14,16H2,2H3. The fourth-order valence-electron chi connectivity index (χ4n) is 2.03. The van der Waals surface area contributed by atoms with Crippen molar-refractivity contribution in [2.75, 3.05) is 0 Å². The molecule has 2 N–H and O–H groups in total. The number of unbranched alkanes of at least 4 members (excludes halogenated alkanes) is 7. The van der Waals surface area contributed by atoms with Gasteiger partial charge in [-0.2, -0.15) is 0 Å². The summed E-state index contributed by atoms with van der Waals surface area (Å²) in [4.78, 5) is 0. The van der Waals surface area contributed by atoms with Crippen molar-refractivity contribution in [2.45, 2.75) is 83.6 Å². The number of nitrogens with two attached hydrogens (primary N) is 1. The van der Waals surface area contributed by atoms with E-state index >= 15 is 0 Å². The van der Waals surface area contributed by atoms with Gasteiger partial charge < -0.3 is 5.73 Å². The van der Waals surface area contributed by atoms with E-state index in [1.807, 2.05) is 6.08 Å². The van der Waals surface area contributed by atoms with Gasteiger partial charge in [0.2, 0.25) is 0 Å². The first-order valence-corrected chi connectivity index (χ1v) is 7.17. The Bertz CT molecular complexity index is 142. The summed E-state index contributed by atoms with van der Waals surface area (Å²) >= 11 is 0. The summed E-state index contributed by atoms with van der Waals surface area (Å²) in [7, 11) is 0. The summed E-state index contributed by atoms with van der Waals surface area (Å²) in [6.45, 7) is 5.99. The maximum absolute atomic E-state index is 6.08. The highest BCUT2D eigenvalue weighted by Crippen LogP contribution is 2.11. The van der Waals surface area contributed by atoms with Gasteiger partial charge in [-0.1, -0.05) is 57.9 Å². The fourth-order valence-corrected chi connectivity index (χ4v) is 2.03. The summed E-state index contributed by atoms with van der Waals surface area (Å²) in [6, 6.07) is 0.449. The van der Waals surface area contributed by atoms with Crippen LogP contribution in [0.3, 0.4) is 0 Å². The van der Waals surface area contributed by atoms with Crippen molar-refractivity contribution >= 4 is 0 Å². The summed E-state index contributed by atoms with van der Waals surface area (Å²) < 4.78 is 0. The van der Waals surface area contributed by atoms with Gasteiger partial charge in [0.1, 0.15) is 0 Å². The quantitative estimate of drug-likeness (QED) is 0.374. The molecule has 0 aromatic rings. The molecule has 0 rings (SSSR count). The third-order valence-corrected chi connectivity index (χ3v) is 3.16. The Balaban J connectivity index is 3.11. The Morgan fingerprint density at radius 1 is 0.938 bits per heavy atom. The molecule has 0 radical (unpaired) electrons. The molecule has 0 aliphatic carbocycles. The van der Waals surface area contributed by atoms with Gasteiger partial charge in [-0.25, -0.2) is 0 Å². The van der Waals surface area contributed by atoms with Crippen molar-refractivity contribution in [2.24, 2.45) is 5.73 Å². The van der Waals surface area contributed by atoms with Crippen LogP contribution in [0.1, 0.15) is 77.6 Å². The maximum atomic E-state index is 6.08. The molecule has 1 nitrogen and oxygen atoms in total. The molecule has 1 unspecified atom stereocenters. The van der Waals surface area contributed by atoms with Gasteiger partial charge in [-0.3, -0.25) is 0 Å². The van der Waals surface area contributed by atoms with E-state index in [-0.39, 0.29) is 0 Å². The molecule has 0 saturated heterocycles. The molecule has 0 fully saturated rings. The first-order chi connectivity index (χ1) is 7.81. The van der Waals surface area contributed by atoms with Crippen LogP contribution in [0.4, 0.5) is 0 Å². The van der Waals surface area contributed by atoms with Gasteiger partial charge in [-0.15, -0.1) is 6.58 Å². The molecular weight excluding hydrogens is 194 g/mol. The van der Waals surface area contributed by atoms with E-state index in [0.717, 1.165) is 6.42 Å². The average Bonchev–Trinajstić information content (AvgIpc) is 2.28. The molecule has 0 saturated carbocycles. The zero-order valence-electron chi connectivity index (χ0n) is 11.2. The fraction of sp³-hybridized carbons (Fsp3) is 0.867. The molecule has 0 spiro atoms. The van der Waals surface area contributed by atoms with E-state index in [1.54, 1.807) is 0 Å². The molecule has 16 heavy (non-hydrogen) atoms. The molecule has 0 amide bonds. The molecule has 0 bridgehead atoms. The third-order valence-electron chi connectivity index (χ3n) is 3.16. The van der Waals surface area contributed by atoms with Crippen LogP contribution in [-0.4, -0.2) is 6.04 Å². The molecule has 1 heteroatoms. The van der Waals surface area contributed by atoms with Gasteiger partial charge in [-0.05, 0) is 25.7 Å². The van der Waals surface area contributed by atoms with Gasteiger partial charge in [0, 0.05) is 6.04 Å². The molecule has 96 valence electrons. The SMILES string of the molecule is C=CCCCCCC(N)CCCCCCC. The Morgan fingerprint density at radius 2 is 1.50 bits per heavy atom. The smallest absolute Gasteiger partial charge is 0.00388 e. The van der Waals surface area contributed by atoms with Crippen LogP contribution in [0.15, 0.2) is 12.7 Å². The largest absolute Gasteiger partial charge is 0.328 e. The highest BCUT2D eigenvalue weighted by atomic mass is 14.6. The van der Waals surface area contributed by atoms with E-state index in [2.05, 4.69) is 13.5 Å². The maximum Gasteiger partial charge on any atom is 0.00388 e. The number of allylic oxidation sites excluding steroid dienone is 1. The Morgan fingerprint density at radius 3 is 2.06 bits per heavy atom. The van der Waals surface area contributed by atoms with Crippen molar-refractivity contribution in [1.82, 2.24) is 0 Å². The van der Waals surface area contributed by atoms with E-state index in [1.165, 1.54) is 64.2 Å². The first kappa shape index (κ1) is 15.7. The predicted octanol–water partition coefficient (Wildman–Crippen LogP) is 4.81. The molecular formula is C15H31N. The first-order valence-electron chi connectivity index (χ1n) is 7.17. The van der Waals surface area contributed by atoms with Crippen LogP contribution in [0, 0.1) is 0 Å². The lowest BCUT2D eigenvalue weighted by atomic mass is 10.0. The normalized spacial score (nSPS) is 12.6. The summed E-state index contributed by atoms with van der Waals surface area (Å²) in [5.74, 6) is 0. The lowest BCUT2D eigenvalue weighted by Gasteiger charge is -2.10. The van der Waals surface area contributed by atoms with Crippen molar-refractivity contribution < 1.29 is 0 Å². The van der Waals surface area contributed by atoms with Crippen LogP contribution in [0.2, 0.25) is 0 Å². The lowest BCUT2D eigenvalue weighted by Crippen LogP contribution is -2.19. The molecule has 0 aliphatic rings. The second kappa shape index (κ2) is 12.8. The molecule has 1 atom stereocenters. The highest BCUT2D eigenvalue weighted by Gasteiger charge is 2.01. The zero-order chi connectivity index (χ0) is 12.1. The van der Waals surface area contributed by atoms with Crippen molar-refractivity contribution in [3.63, 3.8) is 0 Å². The van der Waals surface area contributed by atoms with Crippen LogP contribution >= 0.6 is 0 Å². The summed E-state index contributed by atoms with van der Waals surface area (Å²) in [5, 5.41) is 0. The van der Waals surface area contributed by atoms with Crippen LogP contribution in [0.25, 0.3) is 0 Å². The molecule has 0 aromatic carbocycles. The Kier molecular flexibility index (Phi) is 12.5. The topological polar surface area (TPSA) is 26.0 Å². The zero-order valence-corrected chi connectivity index (χ0v) is 11.2. The second-order valence-electron chi connectivity index (χ2n) is 4.89. The Hall–Kier alpha value is -0.300. The van der Waals surface area contributed by atoms with Crippen molar-refractivity contribution in [1.29, 1.82) is 0 Å². The highest BCUT2D eigenvalue weighted by molar-refractivity contribution is 4.66. The number of hydrogen-bond donors (Lipinski definition) is 1. The van der Waals surface area contributed by atoms with E-state index in [4.69, 9.17) is 5.73 Å². The minimum Gasteiger partial charge on any atom is -0.328 e. The summed E-state index contributed by atoms with van der Waals surface area (Å²) in [6.07, 6.45) is 16.3. The van der Waals surface area contributed by atoms with Crippen LogP contribution in [-0.2, 0) is 0 Å². The number of rotatable bonds is 12. The van der Waals surface area contributed by atoms with Crippen LogP contribution in [0.5, 0.6) is 0 Å². The monoisotopic (exact) mass is 225 g/mol. The van der Waals surface area contributed by atoms with Gasteiger partial charge in [0.05, 0.1) is 0 Å². The van der Waals surface area contributed by atoms with E-state index < -0.39 is 0 Å². The molecule has 0 heterocycles. The van der Waals surface area contributed by atoms with E-state index in [9.17, 15) is 0 Å². The van der Waals surface area contributed by atoms with E-state index in [0.29, 0.717) is 6.04 Å². The third kappa shape index (κ3) is 11.8. The average molecular weight is 225 g/mol. The van der Waals surface area contributed by atoms with Crippen molar-refractivity contribution in [3.8, 4) is 0 Å². The Labute approximate surface area is 102 Å². The van der Waals surface area contributed by atoms with Crippen molar-refractivity contribution in [3.05, 3.63) is 12.7 Å². The van der Waals surface area contributed by atoms with Gasteiger partial charge in [0.15, 0.2) is 0 Å². The molecule has 0 aromatic heterocycles. The van der Waals surface area contributed by atoms with Gasteiger partial charge >= 0.3 is 0 Å². The molecule has 0 aliphatic heterocycles. The summed E-state index contributed by atoms with van der Waals surface area (Å²) in [5.41, 5.74) is 6.08. The number of hydrogen-bond acceptors (Lipinski definition) is 1. The minimum atomic E-state index is 0.449. The van der Waals surface area contributed by atoms with Crippen LogP contribution < -0.4 is 5.73 Å². The minimum absolute atomic E-state index is 0.449. The second-order valence-corrected chi connectivity index (χ2v) is 4.89. The van der Waals surface area contributed by atoms with Gasteiger partial charge in [0.25, 0.3) is 0 Å². The lowest BCUT2D eigenvalue weighted by molar-refractivity contribution is 0.492.